The predicted molar refractivity (Wildman–Crippen MR) is 125 cm³/mol. The van der Waals surface area contributed by atoms with Crippen LogP contribution in [-0.4, -0.2) is 45.5 Å². The second-order valence-electron chi connectivity index (χ2n) is 8.55. The summed E-state index contributed by atoms with van der Waals surface area (Å²) in [5.74, 6) is 1.79. The van der Waals surface area contributed by atoms with Crippen molar-refractivity contribution in [2.24, 2.45) is 0 Å². The summed E-state index contributed by atoms with van der Waals surface area (Å²) in [5, 5.41) is 8.82. The molecular weight excluding hydrogens is 418 g/mol. The van der Waals surface area contributed by atoms with Crippen LogP contribution in [0.4, 0.5) is 5.82 Å². The van der Waals surface area contributed by atoms with Crippen molar-refractivity contribution in [1.82, 2.24) is 19.7 Å². The third-order valence-corrected chi connectivity index (χ3v) is 6.52. The molecule has 0 radical (unpaired) electrons. The normalized spacial score (nSPS) is 16.4. The number of hydrogen-bond acceptors (Lipinski definition) is 5. The zero-order chi connectivity index (χ0) is 22.2. The van der Waals surface area contributed by atoms with Crippen molar-refractivity contribution in [2.75, 3.05) is 25.2 Å². The SMILES string of the molecule is O=C(Nc1ccnn1C1CCN(Cc2c[nH]c3ccccc23)CC1)c1ccc2c(c1)OCO2. The third-order valence-electron chi connectivity index (χ3n) is 6.52. The molecule has 2 aliphatic heterocycles. The van der Waals surface area contributed by atoms with Gasteiger partial charge in [0.1, 0.15) is 5.82 Å². The number of rotatable bonds is 5. The van der Waals surface area contributed by atoms with Crippen molar-refractivity contribution < 1.29 is 14.3 Å². The molecule has 8 nitrogen and oxygen atoms in total. The molecule has 168 valence electrons. The van der Waals surface area contributed by atoms with Crippen LogP contribution >= 0.6 is 0 Å². The molecule has 2 aromatic carbocycles. The fourth-order valence-corrected chi connectivity index (χ4v) is 4.76. The minimum atomic E-state index is -0.188. The Labute approximate surface area is 191 Å². The molecule has 4 aromatic rings. The second kappa shape index (κ2) is 8.29. The molecule has 2 aromatic heterocycles. The summed E-state index contributed by atoms with van der Waals surface area (Å²) >= 11 is 0. The Bertz CT molecular complexity index is 1300. The maximum atomic E-state index is 12.8. The second-order valence-corrected chi connectivity index (χ2v) is 8.55. The molecule has 1 fully saturated rings. The van der Waals surface area contributed by atoms with Gasteiger partial charge in [-0.15, -0.1) is 0 Å². The highest BCUT2D eigenvalue weighted by molar-refractivity contribution is 6.04. The molecular formula is C25H25N5O3. The number of hydrogen-bond donors (Lipinski definition) is 2. The molecule has 4 heterocycles. The van der Waals surface area contributed by atoms with E-state index in [4.69, 9.17) is 9.47 Å². The number of nitrogens with zero attached hydrogens (tertiary/aromatic N) is 3. The van der Waals surface area contributed by atoms with Crippen LogP contribution in [0.25, 0.3) is 10.9 Å². The molecule has 33 heavy (non-hydrogen) atoms. The van der Waals surface area contributed by atoms with Crippen LogP contribution < -0.4 is 14.8 Å². The van der Waals surface area contributed by atoms with Gasteiger partial charge in [0.05, 0.1) is 12.2 Å². The van der Waals surface area contributed by atoms with Gasteiger partial charge < -0.3 is 19.8 Å². The minimum Gasteiger partial charge on any atom is -0.454 e. The number of H-pyrrole nitrogens is 1. The number of para-hydroxylation sites is 1. The van der Waals surface area contributed by atoms with Gasteiger partial charge in [-0.3, -0.25) is 9.69 Å². The van der Waals surface area contributed by atoms with Gasteiger partial charge in [-0.05, 0) is 42.7 Å². The van der Waals surface area contributed by atoms with Gasteiger partial charge in [0.25, 0.3) is 5.91 Å². The monoisotopic (exact) mass is 443 g/mol. The topological polar surface area (TPSA) is 84.4 Å². The molecule has 1 amide bonds. The van der Waals surface area contributed by atoms with Crippen molar-refractivity contribution in [3.63, 3.8) is 0 Å². The summed E-state index contributed by atoms with van der Waals surface area (Å²) in [6, 6.07) is 15.8. The zero-order valence-corrected chi connectivity index (χ0v) is 18.2. The van der Waals surface area contributed by atoms with Crippen LogP contribution in [-0.2, 0) is 6.54 Å². The van der Waals surface area contributed by atoms with E-state index in [0.717, 1.165) is 32.5 Å². The lowest BCUT2D eigenvalue weighted by atomic mass is 10.0. The number of amides is 1. The van der Waals surface area contributed by atoms with Crippen molar-refractivity contribution in [3.8, 4) is 11.5 Å². The van der Waals surface area contributed by atoms with E-state index in [1.165, 1.54) is 16.5 Å². The summed E-state index contributed by atoms with van der Waals surface area (Å²) in [6.07, 6.45) is 5.83. The summed E-state index contributed by atoms with van der Waals surface area (Å²) < 4.78 is 12.7. The lowest BCUT2D eigenvalue weighted by Crippen LogP contribution is -2.35. The number of fused-ring (bicyclic) bond motifs is 2. The number of ether oxygens (including phenoxy) is 2. The van der Waals surface area contributed by atoms with Crippen LogP contribution in [0.1, 0.15) is 34.8 Å². The van der Waals surface area contributed by atoms with Gasteiger partial charge in [-0.2, -0.15) is 5.10 Å². The van der Waals surface area contributed by atoms with Gasteiger partial charge in [-0.25, -0.2) is 4.68 Å². The van der Waals surface area contributed by atoms with E-state index in [-0.39, 0.29) is 18.7 Å². The van der Waals surface area contributed by atoms with E-state index in [9.17, 15) is 4.79 Å². The van der Waals surface area contributed by atoms with Crippen LogP contribution in [0.2, 0.25) is 0 Å². The molecule has 6 rings (SSSR count). The van der Waals surface area contributed by atoms with Gasteiger partial charge in [-0.1, -0.05) is 18.2 Å². The molecule has 1 saturated heterocycles. The molecule has 8 heteroatoms. The molecule has 2 N–H and O–H groups in total. The molecule has 0 spiro atoms. The van der Waals surface area contributed by atoms with Crippen LogP contribution in [0.3, 0.4) is 0 Å². The first kappa shape index (κ1) is 19.9. The van der Waals surface area contributed by atoms with Crippen LogP contribution in [0, 0.1) is 0 Å². The molecule has 0 aliphatic carbocycles. The van der Waals surface area contributed by atoms with E-state index in [0.29, 0.717) is 22.9 Å². The summed E-state index contributed by atoms with van der Waals surface area (Å²) in [5.41, 5.74) is 3.04. The van der Waals surface area contributed by atoms with E-state index in [1.807, 2.05) is 10.7 Å². The van der Waals surface area contributed by atoms with Crippen molar-refractivity contribution >= 4 is 22.6 Å². The Morgan fingerprint density at radius 2 is 1.94 bits per heavy atom. The molecule has 0 atom stereocenters. The first-order chi connectivity index (χ1) is 16.2. The Kier molecular flexibility index (Phi) is 4.99. The van der Waals surface area contributed by atoms with Gasteiger partial charge >= 0.3 is 0 Å². The predicted octanol–water partition coefficient (Wildman–Crippen LogP) is 4.18. The number of aromatic amines is 1. The van der Waals surface area contributed by atoms with Crippen LogP contribution in [0.15, 0.2) is 60.9 Å². The van der Waals surface area contributed by atoms with Crippen molar-refractivity contribution in [2.45, 2.75) is 25.4 Å². The fraction of sp³-hybridized carbons (Fsp3) is 0.280. The average molecular weight is 444 g/mol. The highest BCUT2D eigenvalue weighted by Gasteiger charge is 2.24. The van der Waals surface area contributed by atoms with E-state index in [1.54, 1.807) is 24.4 Å². The first-order valence-electron chi connectivity index (χ1n) is 11.3. The maximum absolute atomic E-state index is 12.8. The maximum Gasteiger partial charge on any atom is 0.256 e. The smallest absolute Gasteiger partial charge is 0.256 e. The lowest BCUT2D eigenvalue weighted by molar-refractivity contribution is 0.102. The van der Waals surface area contributed by atoms with Crippen molar-refractivity contribution in [1.29, 1.82) is 0 Å². The number of nitrogens with one attached hydrogen (secondary N) is 2. The third kappa shape index (κ3) is 3.82. The summed E-state index contributed by atoms with van der Waals surface area (Å²) in [4.78, 5) is 18.7. The quantitative estimate of drug-likeness (QED) is 0.483. The minimum absolute atomic E-state index is 0.187. The molecule has 0 saturated carbocycles. The Hall–Kier alpha value is -3.78. The standard InChI is InChI=1S/C25H25N5O3/c31-25(17-5-6-22-23(13-17)33-16-32-22)28-24-7-10-27-30(24)19-8-11-29(12-9-19)15-18-14-26-21-4-2-1-3-20(18)21/h1-7,10,13-14,19,26H,8-9,11-12,15-16H2,(H,28,31). The number of anilines is 1. The molecule has 0 unspecified atom stereocenters. The van der Waals surface area contributed by atoms with Gasteiger partial charge in [0.2, 0.25) is 6.79 Å². The highest BCUT2D eigenvalue weighted by atomic mass is 16.7. The molecule has 2 aliphatic rings. The van der Waals surface area contributed by atoms with Gasteiger partial charge in [0, 0.05) is 48.4 Å². The first-order valence-corrected chi connectivity index (χ1v) is 11.3. The number of piperidine rings is 1. The number of carbonyl (C=O) groups excluding carboxylic acids is 1. The highest BCUT2D eigenvalue weighted by Crippen LogP contribution is 2.33. The summed E-state index contributed by atoms with van der Waals surface area (Å²) in [7, 11) is 0. The van der Waals surface area contributed by atoms with Crippen molar-refractivity contribution in [3.05, 3.63) is 72.1 Å². The number of aromatic nitrogens is 3. The average Bonchev–Trinajstić information content (AvgIpc) is 3.59. The largest absolute Gasteiger partial charge is 0.454 e. The molecule has 0 bridgehead atoms. The summed E-state index contributed by atoms with van der Waals surface area (Å²) in [6.45, 7) is 3.09. The van der Waals surface area contributed by atoms with E-state index in [2.05, 4.69) is 50.8 Å². The lowest BCUT2D eigenvalue weighted by Gasteiger charge is -2.32. The number of likely N-dealkylation sites (tertiary alicyclic amines) is 1. The zero-order valence-electron chi connectivity index (χ0n) is 18.2. The Morgan fingerprint density at radius 1 is 1.09 bits per heavy atom. The number of carbonyl (C=O) groups is 1. The fourth-order valence-electron chi connectivity index (χ4n) is 4.76. The van der Waals surface area contributed by atoms with E-state index >= 15 is 0 Å². The Morgan fingerprint density at radius 3 is 2.85 bits per heavy atom. The van der Waals surface area contributed by atoms with E-state index < -0.39 is 0 Å². The Balaban J connectivity index is 1.10. The van der Waals surface area contributed by atoms with Gasteiger partial charge in [0.15, 0.2) is 11.5 Å². The number of benzene rings is 2. The van der Waals surface area contributed by atoms with Crippen LogP contribution in [0.5, 0.6) is 11.5 Å².